The molecule has 0 aliphatic carbocycles. The Morgan fingerprint density at radius 3 is 2.50 bits per heavy atom. The Bertz CT molecular complexity index is 300. The molecule has 1 aromatic carbocycles. The Kier molecular flexibility index (Phi) is 3.99. The van der Waals surface area contributed by atoms with Crippen molar-refractivity contribution in [2.75, 3.05) is 18.0 Å². The third-order valence-corrected chi connectivity index (χ3v) is 1.93. The fourth-order valence-electron chi connectivity index (χ4n) is 1.38. The molecule has 0 fully saturated rings. The molecule has 0 heterocycles. The zero-order valence-corrected chi connectivity index (χ0v) is 8.74. The SMILES string of the molecule is C=CCN(CC(=C)C)c1ccccc1. The molecule has 0 atom stereocenters. The maximum absolute atomic E-state index is 3.93. The predicted octanol–water partition coefficient (Wildman–Crippen LogP) is 3.26. The molecule has 0 saturated carbocycles. The van der Waals surface area contributed by atoms with E-state index >= 15 is 0 Å². The van der Waals surface area contributed by atoms with Gasteiger partial charge in [0, 0.05) is 18.8 Å². The van der Waals surface area contributed by atoms with Gasteiger partial charge in [0.15, 0.2) is 0 Å². The summed E-state index contributed by atoms with van der Waals surface area (Å²) in [7, 11) is 0. The number of hydrogen-bond acceptors (Lipinski definition) is 1. The molecule has 1 aromatic rings. The van der Waals surface area contributed by atoms with Crippen molar-refractivity contribution in [2.45, 2.75) is 6.92 Å². The van der Waals surface area contributed by atoms with Gasteiger partial charge in [-0.25, -0.2) is 0 Å². The molecular weight excluding hydrogens is 170 g/mol. The van der Waals surface area contributed by atoms with Crippen molar-refractivity contribution in [3.05, 3.63) is 55.1 Å². The average Bonchev–Trinajstić information content (AvgIpc) is 2.18. The van der Waals surface area contributed by atoms with E-state index in [2.05, 4.69) is 30.2 Å². The van der Waals surface area contributed by atoms with Gasteiger partial charge < -0.3 is 4.90 Å². The summed E-state index contributed by atoms with van der Waals surface area (Å²) in [5.74, 6) is 0. The molecule has 0 aliphatic rings. The van der Waals surface area contributed by atoms with E-state index in [9.17, 15) is 0 Å². The van der Waals surface area contributed by atoms with E-state index in [-0.39, 0.29) is 0 Å². The van der Waals surface area contributed by atoms with Gasteiger partial charge in [0.25, 0.3) is 0 Å². The summed E-state index contributed by atoms with van der Waals surface area (Å²) in [5.41, 5.74) is 2.38. The van der Waals surface area contributed by atoms with Gasteiger partial charge in [-0.15, -0.1) is 6.58 Å². The number of benzene rings is 1. The monoisotopic (exact) mass is 187 g/mol. The Hall–Kier alpha value is -1.50. The molecule has 0 spiro atoms. The smallest absolute Gasteiger partial charge is 0.0387 e. The van der Waals surface area contributed by atoms with Crippen LogP contribution in [0.25, 0.3) is 0 Å². The average molecular weight is 187 g/mol. The summed E-state index contributed by atoms with van der Waals surface area (Å²) in [6, 6.07) is 10.3. The molecule has 0 unspecified atom stereocenters. The molecule has 14 heavy (non-hydrogen) atoms. The summed E-state index contributed by atoms with van der Waals surface area (Å²) in [6.07, 6.45) is 1.91. The first-order valence-corrected chi connectivity index (χ1v) is 4.79. The van der Waals surface area contributed by atoms with Crippen molar-refractivity contribution in [3.63, 3.8) is 0 Å². The van der Waals surface area contributed by atoms with Crippen LogP contribution in [0.1, 0.15) is 6.92 Å². The fourth-order valence-corrected chi connectivity index (χ4v) is 1.38. The van der Waals surface area contributed by atoms with E-state index in [0.717, 1.165) is 18.7 Å². The van der Waals surface area contributed by atoms with Crippen molar-refractivity contribution >= 4 is 5.69 Å². The number of para-hydroxylation sites is 1. The molecule has 74 valence electrons. The Balaban J connectivity index is 2.77. The Labute approximate surface area is 86.4 Å². The minimum absolute atomic E-state index is 0.858. The highest BCUT2D eigenvalue weighted by Gasteiger charge is 2.02. The van der Waals surface area contributed by atoms with Crippen LogP contribution >= 0.6 is 0 Å². The van der Waals surface area contributed by atoms with Gasteiger partial charge in [0.1, 0.15) is 0 Å². The first kappa shape index (κ1) is 10.6. The third kappa shape index (κ3) is 3.09. The Morgan fingerprint density at radius 1 is 1.36 bits per heavy atom. The Morgan fingerprint density at radius 2 is 2.00 bits per heavy atom. The van der Waals surface area contributed by atoms with E-state index in [4.69, 9.17) is 0 Å². The number of nitrogens with zero attached hydrogens (tertiary/aromatic N) is 1. The quantitative estimate of drug-likeness (QED) is 0.639. The van der Waals surface area contributed by atoms with Crippen LogP contribution in [0, 0.1) is 0 Å². The highest BCUT2D eigenvalue weighted by molar-refractivity contribution is 5.47. The van der Waals surface area contributed by atoms with Gasteiger partial charge in [0.2, 0.25) is 0 Å². The molecule has 0 radical (unpaired) electrons. The van der Waals surface area contributed by atoms with Crippen LogP contribution in [0.3, 0.4) is 0 Å². The second-order valence-corrected chi connectivity index (χ2v) is 3.46. The maximum Gasteiger partial charge on any atom is 0.0387 e. The molecule has 0 aliphatic heterocycles. The second-order valence-electron chi connectivity index (χ2n) is 3.46. The minimum Gasteiger partial charge on any atom is -0.364 e. The molecule has 1 rings (SSSR count). The lowest BCUT2D eigenvalue weighted by Crippen LogP contribution is -2.24. The van der Waals surface area contributed by atoms with Crippen LogP contribution in [0.15, 0.2) is 55.1 Å². The summed E-state index contributed by atoms with van der Waals surface area (Å²) < 4.78 is 0. The molecule has 0 N–H and O–H groups in total. The maximum atomic E-state index is 3.93. The second kappa shape index (κ2) is 5.28. The molecule has 0 amide bonds. The van der Waals surface area contributed by atoms with Gasteiger partial charge in [-0.05, 0) is 19.1 Å². The summed E-state index contributed by atoms with van der Waals surface area (Å²) >= 11 is 0. The lowest BCUT2D eigenvalue weighted by Gasteiger charge is -2.23. The van der Waals surface area contributed by atoms with E-state index in [1.807, 2.05) is 31.2 Å². The van der Waals surface area contributed by atoms with E-state index in [0.29, 0.717) is 0 Å². The predicted molar refractivity (Wildman–Crippen MR) is 63.7 cm³/mol. The summed E-state index contributed by atoms with van der Waals surface area (Å²) in [4.78, 5) is 2.25. The minimum atomic E-state index is 0.858. The molecule has 0 saturated heterocycles. The summed E-state index contributed by atoms with van der Waals surface area (Å²) in [6.45, 7) is 11.5. The van der Waals surface area contributed by atoms with Crippen LogP contribution in [-0.4, -0.2) is 13.1 Å². The molecule has 0 bridgehead atoms. The normalized spacial score (nSPS) is 9.50. The first-order chi connectivity index (χ1) is 6.74. The topological polar surface area (TPSA) is 3.24 Å². The number of anilines is 1. The summed E-state index contributed by atoms with van der Waals surface area (Å²) in [5, 5.41) is 0. The lowest BCUT2D eigenvalue weighted by molar-refractivity contribution is 0.923. The standard InChI is InChI=1S/C13H17N/c1-4-10-14(11-12(2)3)13-8-6-5-7-9-13/h4-9H,1-2,10-11H2,3H3. The van der Waals surface area contributed by atoms with Crippen molar-refractivity contribution in [1.82, 2.24) is 0 Å². The number of rotatable bonds is 5. The van der Waals surface area contributed by atoms with E-state index in [1.165, 1.54) is 5.69 Å². The van der Waals surface area contributed by atoms with Crippen molar-refractivity contribution in [2.24, 2.45) is 0 Å². The van der Waals surface area contributed by atoms with Crippen LogP contribution < -0.4 is 4.90 Å². The zero-order valence-electron chi connectivity index (χ0n) is 8.74. The first-order valence-electron chi connectivity index (χ1n) is 4.79. The number of hydrogen-bond donors (Lipinski definition) is 0. The fraction of sp³-hybridized carbons (Fsp3) is 0.231. The van der Waals surface area contributed by atoms with Crippen LogP contribution in [0.4, 0.5) is 5.69 Å². The van der Waals surface area contributed by atoms with Crippen molar-refractivity contribution < 1.29 is 0 Å². The van der Waals surface area contributed by atoms with Crippen LogP contribution in [0.5, 0.6) is 0 Å². The van der Waals surface area contributed by atoms with Crippen LogP contribution in [0.2, 0.25) is 0 Å². The van der Waals surface area contributed by atoms with E-state index < -0.39 is 0 Å². The van der Waals surface area contributed by atoms with Gasteiger partial charge in [-0.1, -0.05) is 36.4 Å². The van der Waals surface area contributed by atoms with Crippen molar-refractivity contribution in [1.29, 1.82) is 0 Å². The highest BCUT2D eigenvalue weighted by Crippen LogP contribution is 2.13. The van der Waals surface area contributed by atoms with Gasteiger partial charge in [0.05, 0.1) is 0 Å². The van der Waals surface area contributed by atoms with Crippen molar-refractivity contribution in [3.8, 4) is 0 Å². The van der Waals surface area contributed by atoms with Gasteiger partial charge >= 0.3 is 0 Å². The molecule has 0 aromatic heterocycles. The zero-order chi connectivity index (χ0) is 10.4. The molecule has 1 nitrogen and oxygen atoms in total. The lowest BCUT2D eigenvalue weighted by atomic mass is 10.2. The van der Waals surface area contributed by atoms with Crippen LogP contribution in [-0.2, 0) is 0 Å². The molecule has 1 heteroatoms. The largest absolute Gasteiger partial charge is 0.364 e. The van der Waals surface area contributed by atoms with Gasteiger partial charge in [-0.2, -0.15) is 0 Å². The highest BCUT2D eigenvalue weighted by atomic mass is 15.1. The van der Waals surface area contributed by atoms with E-state index in [1.54, 1.807) is 0 Å². The third-order valence-electron chi connectivity index (χ3n) is 1.93. The van der Waals surface area contributed by atoms with Gasteiger partial charge in [-0.3, -0.25) is 0 Å². The molecular formula is C13H17N.